The molecule has 0 heterocycles. The molecule has 0 radical (unpaired) electrons. The van der Waals surface area contributed by atoms with Gasteiger partial charge in [0, 0.05) is 21.2 Å². The fourth-order valence-electron chi connectivity index (χ4n) is 1.09. The summed E-state index contributed by atoms with van der Waals surface area (Å²) < 4.78 is 41.6. The lowest BCUT2D eigenvalue weighted by Crippen LogP contribution is -2.48. The van der Waals surface area contributed by atoms with Crippen LogP contribution in [0.4, 0.5) is 13.2 Å². The Morgan fingerprint density at radius 1 is 1.28 bits per heavy atom. The number of hydrogen-bond acceptors (Lipinski definition) is 3. The molecule has 0 aliphatic heterocycles. The highest BCUT2D eigenvalue weighted by molar-refractivity contribution is 5.86. The Kier molecular flexibility index (Phi) is 6.10. The number of halogens is 3. The molecule has 18 heavy (non-hydrogen) atoms. The van der Waals surface area contributed by atoms with Gasteiger partial charge in [0.2, 0.25) is 5.91 Å². The zero-order valence-corrected chi connectivity index (χ0v) is 10.7. The first-order valence-corrected chi connectivity index (χ1v) is 5.17. The first kappa shape index (κ1) is 16.7. The van der Waals surface area contributed by atoms with Gasteiger partial charge in [-0.05, 0) is 6.92 Å². The maximum atomic E-state index is 12.3. The third-order valence-electron chi connectivity index (χ3n) is 2.21. The van der Waals surface area contributed by atoms with E-state index in [-0.39, 0.29) is 0 Å². The van der Waals surface area contributed by atoms with Gasteiger partial charge in [0.1, 0.15) is 19.2 Å². The molecule has 0 saturated carbocycles. The van der Waals surface area contributed by atoms with Gasteiger partial charge in [-0.15, -0.1) is 0 Å². The SMILES string of the molecule is COC(C)C(=O)N(CC(=O)N(C)C)CC(F)(F)F. The normalized spacial score (nSPS) is 13.1. The minimum absolute atomic E-state index is 0.441. The lowest BCUT2D eigenvalue weighted by atomic mass is 10.3. The maximum absolute atomic E-state index is 12.3. The first-order chi connectivity index (χ1) is 8.08. The van der Waals surface area contributed by atoms with Gasteiger partial charge in [0.15, 0.2) is 0 Å². The summed E-state index contributed by atoms with van der Waals surface area (Å²) in [6, 6.07) is 0. The number of hydrogen-bond donors (Lipinski definition) is 0. The van der Waals surface area contributed by atoms with E-state index < -0.39 is 37.2 Å². The molecule has 0 aromatic rings. The van der Waals surface area contributed by atoms with Gasteiger partial charge in [0.25, 0.3) is 5.91 Å². The molecule has 0 bridgehead atoms. The minimum Gasteiger partial charge on any atom is -0.372 e. The standard InChI is InChI=1S/C10H17F3N2O3/c1-7(18-4)9(17)15(6-10(11,12)13)5-8(16)14(2)3/h7H,5-6H2,1-4H3. The molecule has 5 nitrogen and oxygen atoms in total. The number of rotatable bonds is 5. The van der Waals surface area contributed by atoms with E-state index in [1.165, 1.54) is 28.1 Å². The summed E-state index contributed by atoms with van der Waals surface area (Å²) in [5, 5.41) is 0. The average molecular weight is 270 g/mol. The Morgan fingerprint density at radius 3 is 2.11 bits per heavy atom. The Balaban J connectivity index is 4.83. The molecule has 2 amide bonds. The Morgan fingerprint density at radius 2 is 1.78 bits per heavy atom. The quantitative estimate of drug-likeness (QED) is 0.731. The number of alkyl halides is 3. The number of methoxy groups -OCH3 is 1. The van der Waals surface area contributed by atoms with E-state index in [2.05, 4.69) is 4.74 Å². The van der Waals surface area contributed by atoms with Gasteiger partial charge in [0.05, 0.1) is 0 Å². The van der Waals surface area contributed by atoms with E-state index >= 15 is 0 Å². The molecule has 0 saturated heterocycles. The van der Waals surface area contributed by atoms with E-state index in [1.807, 2.05) is 0 Å². The number of likely N-dealkylation sites (N-methyl/N-ethyl adjacent to an activating group) is 1. The van der Waals surface area contributed by atoms with Crippen molar-refractivity contribution in [2.24, 2.45) is 0 Å². The Labute approximate surface area is 103 Å². The molecular weight excluding hydrogens is 253 g/mol. The Hall–Kier alpha value is -1.31. The summed E-state index contributed by atoms with van der Waals surface area (Å²) in [6.45, 7) is -0.774. The lowest BCUT2D eigenvalue weighted by Gasteiger charge is -2.26. The van der Waals surface area contributed by atoms with Gasteiger partial charge in [-0.3, -0.25) is 9.59 Å². The fourth-order valence-corrected chi connectivity index (χ4v) is 1.09. The van der Waals surface area contributed by atoms with Gasteiger partial charge < -0.3 is 14.5 Å². The van der Waals surface area contributed by atoms with Crippen LogP contribution in [0.5, 0.6) is 0 Å². The summed E-state index contributed by atoms with van der Waals surface area (Å²) in [6.07, 6.45) is -5.59. The van der Waals surface area contributed by atoms with Crippen LogP contribution in [-0.2, 0) is 14.3 Å². The van der Waals surface area contributed by atoms with Gasteiger partial charge in [-0.2, -0.15) is 13.2 Å². The number of carbonyl (C=O) groups is 2. The maximum Gasteiger partial charge on any atom is 0.406 e. The molecule has 8 heteroatoms. The molecule has 0 aromatic heterocycles. The zero-order valence-electron chi connectivity index (χ0n) is 10.7. The van der Waals surface area contributed by atoms with Crippen molar-refractivity contribution in [1.82, 2.24) is 9.80 Å². The summed E-state index contributed by atoms with van der Waals surface area (Å²) in [4.78, 5) is 24.6. The predicted molar refractivity (Wildman–Crippen MR) is 57.8 cm³/mol. The molecule has 106 valence electrons. The van der Waals surface area contributed by atoms with Gasteiger partial charge in [-0.1, -0.05) is 0 Å². The Bertz CT molecular complexity index is 305. The largest absolute Gasteiger partial charge is 0.406 e. The van der Waals surface area contributed by atoms with Crippen molar-refractivity contribution in [2.45, 2.75) is 19.2 Å². The molecular formula is C10H17F3N2O3. The van der Waals surface area contributed by atoms with Crippen LogP contribution in [0.1, 0.15) is 6.92 Å². The zero-order chi connectivity index (χ0) is 14.5. The third-order valence-corrected chi connectivity index (χ3v) is 2.21. The fraction of sp³-hybridized carbons (Fsp3) is 0.800. The van der Waals surface area contributed by atoms with Crippen molar-refractivity contribution in [2.75, 3.05) is 34.3 Å². The summed E-state index contributed by atoms with van der Waals surface area (Å²) in [5.41, 5.74) is 0. The van der Waals surface area contributed by atoms with Gasteiger partial charge >= 0.3 is 6.18 Å². The van der Waals surface area contributed by atoms with Crippen LogP contribution < -0.4 is 0 Å². The van der Waals surface area contributed by atoms with E-state index in [0.717, 1.165) is 4.90 Å². The van der Waals surface area contributed by atoms with Crippen molar-refractivity contribution in [3.8, 4) is 0 Å². The van der Waals surface area contributed by atoms with Crippen LogP contribution in [0.2, 0.25) is 0 Å². The van der Waals surface area contributed by atoms with E-state index in [4.69, 9.17) is 0 Å². The minimum atomic E-state index is -4.56. The highest BCUT2D eigenvalue weighted by Crippen LogP contribution is 2.17. The third kappa shape index (κ3) is 5.85. The van der Waals surface area contributed by atoms with Crippen molar-refractivity contribution < 1.29 is 27.5 Å². The highest BCUT2D eigenvalue weighted by Gasteiger charge is 2.35. The molecule has 0 fully saturated rings. The van der Waals surface area contributed by atoms with Gasteiger partial charge in [-0.25, -0.2) is 0 Å². The second kappa shape index (κ2) is 6.58. The van der Waals surface area contributed by atoms with Crippen LogP contribution in [0.15, 0.2) is 0 Å². The second-order valence-corrected chi connectivity index (χ2v) is 3.98. The smallest absolute Gasteiger partial charge is 0.372 e. The van der Waals surface area contributed by atoms with Crippen molar-refractivity contribution in [3.05, 3.63) is 0 Å². The van der Waals surface area contributed by atoms with E-state index in [0.29, 0.717) is 4.90 Å². The highest BCUT2D eigenvalue weighted by atomic mass is 19.4. The molecule has 0 aliphatic carbocycles. The molecule has 1 atom stereocenters. The molecule has 0 rings (SSSR count). The number of nitrogens with zero attached hydrogens (tertiary/aromatic N) is 2. The molecule has 0 N–H and O–H groups in total. The topological polar surface area (TPSA) is 49.9 Å². The summed E-state index contributed by atoms with van der Waals surface area (Å²) in [7, 11) is 4.01. The number of ether oxygens (including phenoxy) is 1. The average Bonchev–Trinajstić information content (AvgIpc) is 2.23. The second-order valence-electron chi connectivity index (χ2n) is 3.98. The molecule has 0 aromatic carbocycles. The van der Waals surface area contributed by atoms with E-state index in [1.54, 1.807) is 0 Å². The van der Waals surface area contributed by atoms with Crippen LogP contribution >= 0.6 is 0 Å². The molecule has 1 unspecified atom stereocenters. The van der Waals surface area contributed by atoms with Crippen LogP contribution in [0.25, 0.3) is 0 Å². The van der Waals surface area contributed by atoms with Crippen LogP contribution in [0, 0.1) is 0 Å². The van der Waals surface area contributed by atoms with Crippen LogP contribution in [-0.4, -0.2) is 68.2 Å². The molecule has 0 aliphatic rings. The number of carbonyl (C=O) groups excluding carboxylic acids is 2. The monoisotopic (exact) mass is 270 g/mol. The van der Waals surface area contributed by atoms with Crippen molar-refractivity contribution in [1.29, 1.82) is 0 Å². The van der Waals surface area contributed by atoms with Crippen molar-refractivity contribution >= 4 is 11.8 Å². The van der Waals surface area contributed by atoms with Crippen molar-refractivity contribution in [3.63, 3.8) is 0 Å². The lowest BCUT2D eigenvalue weighted by molar-refractivity contribution is -0.169. The van der Waals surface area contributed by atoms with E-state index in [9.17, 15) is 22.8 Å². The summed E-state index contributed by atoms with van der Waals surface area (Å²) >= 11 is 0. The van der Waals surface area contributed by atoms with Crippen LogP contribution in [0.3, 0.4) is 0 Å². The molecule has 0 spiro atoms. The number of amides is 2. The predicted octanol–water partition coefficient (Wildman–Crippen LogP) is 0.500. The summed E-state index contributed by atoms with van der Waals surface area (Å²) in [5.74, 6) is -1.46. The first-order valence-electron chi connectivity index (χ1n) is 5.17.